The summed E-state index contributed by atoms with van der Waals surface area (Å²) in [6.45, 7) is 3.64. The highest BCUT2D eigenvalue weighted by molar-refractivity contribution is 14.0. The lowest BCUT2D eigenvalue weighted by atomic mass is 10.1. The van der Waals surface area contributed by atoms with Crippen LogP contribution in [0.25, 0.3) is 10.9 Å². The molecule has 8 nitrogen and oxygen atoms in total. The number of carbonyl (C=O) groups is 1. The fraction of sp³-hybridized carbons (Fsp3) is 0.240. The third-order valence-corrected chi connectivity index (χ3v) is 5.37. The summed E-state index contributed by atoms with van der Waals surface area (Å²) in [6, 6.07) is 16.0. The van der Waals surface area contributed by atoms with Crippen LogP contribution in [-0.4, -0.2) is 40.2 Å². The SMILES string of the molecule is CN=C(NCCc1c[nH]c2cc(C)ccc12)NCc1cccc(NC(=O)Cn2cccn2)c1.I. The van der Waals surface area contributed by atoms with Gasteiger partial charge in [-0.2, -0.15) is 5.10 Å². The second-order valence-electron chi connectivity index (χ2n) is 7.92. The molecule has 9 heteroatoms. The lowest BCUT2D eigenvalue weighted by Crippen LogP contribution is -2.37. The first kappa shape index (κ1) is 25.3. The molecule has 0 unspecified atom stereocenters. The van der Waals surface area contributed by atoms with Crippen LogP contribution in [0.5, 0.6) is 0 Å². The Bertz CT molecular complexity index is 1250. The highest BCUT2D eigenvalue weighted by Gasteiger charge is 2.06. The maximum absolute atomic E-state index is 12.2. The number of nitrogens with zero attached hydrogens (tertiary/aromatic N) is 3. The van der Waals surface area contributed by atoms with Crippen molar-refractivity contribution in [3.05, 3.63) is 83.8 Å². The number of aromatic nitrogens is 3. The molecule has 0 bridgehead atoms. The molecule has 0 aliphatic heterocycles. The first-order valence-corrected chi connectivity index (χ1v) is 11.0. The number of aryl methyl sites for hydroxylation is 1. The zero-order valence-corrected chi connectivity index (χ0v) is 21.7. The Morgan fingerprint density at radius 1 is 1.15 bits per heavy atom. The summed E-state index contributed by atoms with van der Waals surface area (Å²) < 4.78 is 1.59. The smallest absolute Gasteiger partial charge is 0.246 e. The molecule has 0 atom stereocenters. The van der Waals surface area contributed by atoms with Crippen molar-refractivity contribution in [1.29, 1.82) is 0 Å². The van der Waals surface area contributed by atoms with Crippen LogP contribution in [0.3, 0.4) is 0 Å². The number of carbonyl (C=O) groups excluding carboxylic acids is 1. The fourth-order valence-electron chi connectivity index (χ4n) is 3.73. The maximum Gasteiger partial charge on any atom is 0.246 e. The first-order valence-electron chi connectivity index (χ1n) is 11.0. The predicted molar refractivity (Wildman–Crippen MR) is 148 cm³/mol. The number of anilines is 1. The van der Waals surface area contributed by atoms with Gasteiger partial charge < -0.3 is 20.9 Å². The number of aliphatic imine (C=N–C) groups is 1. The molecule has 0 radical (unpaired) electrons. The quantitative estimate of drug-likeness (QED) is 0.147. The van der Waals surface area contributed by atoms with E-state index in [0.29, 0.717) is 6.54 Å². The number of nitrogens with one attached hydrogen (secondary N) is 4. The van der Waals surface area contributed by atoms with E-state index < -0.39 is 0 Å². The minimum Gasteiger partial charge on any atom is -0.361 e. The van der Waals surface area contributed by atoms with Crippen molar-refractivity contribution in [2.24, 2.45) is 4.99 Å². The van der Waals surface area contributed by atoms with Gasteiger partial charge in [-0.15, -0.1) is 24.0 Å². The Morgan fingerprint density at radius 3 is 2.82 bits per heavy atom. The largest absolute Gasteiger partial charge is 0.361 e. The maximum atomic E-state index is 12.2. The summed E-state index contributed by atoms with van der Waals surface area (Å²) in [5.41, 5.74) is 5.50. The monoisotopic (exact) mass is 571 g/mol. The van der Waals surface area contributed by atoms with Crippen LogP contribution in [-0.2, 0) is 24.3 Å². The normalized spacial score (nSPS) is 11.2. The lowest BCUT2D eigenvalue weighted by molar-refractivity contribution is -0.116. The number of guanidine groups is 1. The van der Waals surface area contributed by atoms with Crippen LogP contribution in [0.15, 0.2) is 72.1 Å². The molecular weight excluding hydrogens is 541 g/mol. The summed E-state index contributed by atoms with van der Waals surface area (Å²) >= 11 is 0. The van der Waals surface area contributed by atoms with Crippen molar-refractivity contribution in [2.45, 2.75) is 26.4 Å². The Hall–Kier alpha value is -3.34. The number of fused-ring (bicyclic) bond motifs is 1. The standard InChI is InChI=1S/C25H29N7O.HI/c1-18-7-8-22-20(16-28-23(22)13-18)9-11-27-25(26-2)29-15-19-5-3-6-21(14-19)31-24(33)17-32-12-4-10-30-32;/h3-8,10,12-14,16,28H,9,11,15,17H2,1-2H3,(H,31,33)(H2,26,27,29);1H. The van der Waals surface area contributed by atoms with Gasteiger partial charge in [0.1, 0.15) is 6.54 Å². The average Bonchev–Trinajstić information content (AvgIpc) is 3.46. The minimum absolute atomic E-state index is 0. The van der Waals surface area contributed by atoms with Crippen molar-refractivity contribution < 1.29 is 4.79 Å². The van der Waals surface area contributed by atoms with Crippen molar-refractivity contribution >= 4 is 52.4 Å². The second-order valence-corrected chi connectivity index (χ2v) is 7.92. The first-order chi connectivity index (χ1) is 16.1. The molecule has 0 spiro atoms. The molecule has 0 aliphatic carbocycles. The van der Waals surface area contributed by atoms with E-state index in [4.69, 9.17) is 0 Å². The summed E-state index contributed by atoms with van der Waals surface area (Å²) in [5, 5.41) is 14.9. The molecule has 0 aliphatic rings. The van der Waals surface area contributed by atoms with Crippen LogP contribution in [0.4, 0.5) is 5.69 Å². The van der Waals surface area contributed by atoms with E-state index in [0.717, 1.165) is 30.2 Å². The molecule has 2 aromatic carbocycles. The highest BCUT2D eigenvalue weighted by atomic mass is 127. The highest BCUT2D eigenvalue weighted by Crippen LogP contribution is 2.19. The number of aromatic amines is 1. The molecule has 178 valence electrons. The van der Waals surface area contributed by atoms with Gasteiger partial charge in [-0.3, -0.25) is 14.5 Å². The molecule has 0 saturated carbocycles. The number of rotatable bonds is 8. The van der Waals surface area contributed by atoms with Crippen LogP contribution >= 0.6 is 24.0 Å². The van der Waals surface area contributed by atoms with E-state index >= 15 is 0 Å². The number of halogens is 1. The minimum atomic E-state index is -0.117. The third kappa shape index (κ3) is 6.83. The van der Waals surface area contributed by atoms with Gasteiger partial charge in [0.05, 0.1) is 0 Å². The number of H-pyrrole nitrogens is 1. The van der Waals surface area contributed by atoms with Gasteiger partial charge in [0.25, 0.3) is 0 Å². The molecule has 1 amide bonds. The molecule has 2 aromatic heterocycles. The van der Waals surface area contributed by atoms with E-state index in [1.165, 1.54) is 22.0 Å². The zero-order valence-electron chi connectivity index (χ0n) is 19.3. The van der Waals surface area contributed by atoms with Crippen molar-refractivity contribution in [3.8, 4) is 0 Å². The van der Waals surface area contributed by atoms with Crippen LogP contribution in [0.2, 0.25) is 0 Å². The fourth-order valence-corrected chi connectivity index (χ4v) is 3.73. The molecule has 0 fully saturated rings. The van der Waals surface area contributed by atoms with Gasteiger partial charge in [0, 0.05) is 55.3 Å². The van der Waals surface area contributed by atoms with Gasteiger partial charge in [0.15, 0.2) is 5.96 Å². The lowest BCUT2D eigenvalue weighted by Gasteiger charge is -2.13. The molecule has 34 heavy (non-hydrogen) atoms. The number of amides is 1. The molecule has 4 N–H and O–H groups in total. The summed E-state index contributed by atoms with van der Waals surface area (Å²) in [4.78, 5) is 19.9. The predicted octanol–water partition coefficient (Wildman–Crippen LogP) is 3.84. The number of hydrogen-bond acceptors (Lipinski definition) is 3. The Labute approximate surface area is 216 Å². The number of hydrogen-bond donors (Lipinski definition) is 4. The van der Waals surface area contributed by atoms with Gasteiger partial charge in [-0.05, 0) is 54.3 Å². The molecule has 0 saturated heterocycles. The Morgan fingerprint density at radius 2 is 2.03 bits per heavy atom. The van der Waals surface area contributed by atoms with Crippen LogP contribution in [0, 0.1) is 6.92 Å². The molecule has 4 rings (SSSR count). The van der Waals surface area contributed by atoms with Crippen molar-refractivity contribution in [1.82, 2.24) is 25.4 Å². The van der Waals surface area contributed by atoms with E-state index in [1.807, 2.05) is 24.3 Å². The van der Waals surface area contributed by atoms with Gasteiger partial charge in [-0.1, -0.05) is 24.3 Å². The second kappa shape index (κ2) is 12.2. The molecule has 4 aromatic rings. The van der Waals surface area contributed by atoms with Crippen LogP contribution < -0.4 is 16.0 Å². The average molecular weight is 571 g/mol. The summed E-state index contributed by atoms with van der Waals surface area (Å²) in [5.74, 6) is 0.618. The van der Waals surface area contributed by atoms with Gasteiger partial charge >= 0.3 is 0 Å². The van der Waals surface area contributed by atoms with Crippen LogP contribution in [0.1, 0.15) is 16.7 Å². The van der Waals surface area contributed by atoms with Gasteiger partial charge in [0.2, 0.25) is 5.91 Å². The van der Waals surface area contributed by atoms with Crippen molar-refractivity contribution in [2.75, 3.05) is 18.9 Å². The zero-order chi connectivity index (χ0) is 23.0. The van der Waals surface area contributed by atoms with E-state index in [2.05, 4.69) is 62.3 Å². The Balaban J connectivity index is 0.00000324. The van der Waals surface area contributed by atoms with E-state index in [9.17, 15) is 4.79 Å². The molecular formula is C25H30IN7O. The summed E-state index contributed by atoms with van der Waals surface area (Å²) in [6.07, 6.45) is 6.38. The number of benzene rings is 2. The van der Waals surface area contributed by atoms with E-state index in [-0.39, 0.29) is 36.4 Å². The topological polar surface area (TPSA) is 99.1 Å². The van der Waals surface area contributed by atoms with E-state index in [1.54, 1.807) is 30.2 Å². The van der Waals surface area contributed by atoms with Gasteiger partial charge in [-0.25, -0.2) is 0 Å². The van der Waals surface area contributed by atoms with Crippen molar-refractivity contribution in [3.63, 3.8) is 0 Å². The Kier molecular flexibility index (Phi) is 9.08. The third-order valence-electron chi connectivity index (χ3n) is 5.37. The summed E-state index contributed by atoms with van der Waals surface area (Å²) in [7, 11) is 1.76. The molecule has 2 heterocycles.